The van der Waals surface area contributed by atoms with Crippen LogP contribution in [0.5, 0.6) is 0 Å². The quantitative estimate of drug-likeness (QED) is 0.760. The summed E-state index contributed by atoms with van der Waals surface area (Å²) in [5.74, 6) is 1.39. The van der Waals surface area contributed by atoms with E-state index in [1.54, 1.807) is 0 Å². The molecule has 0 radical (unpaired) electrons. The molecule has 0 atom stereocenters. The molecule has 0 aliphatic carbocycles. The number of hydrogen-bond acceptors (Lipinski definition) is 7. The molecular weight excluding hydrogens is 270 g/mol. The summed E-state index contributed by atoms with van der Waals surface area (Å²) in [6, 6.07) is 9.61. The third-order valence-electron chi connectivity index (χ3n) is 2.81. The molecule has 21 heavy (non-hydrogen) atoms. The average Bonchev–Trinajstić information content (AvgIpc) is 3.09. The van der Waals surface area contributed by atoms with Crippen LogP contribution in [0.3, 0.4) is 0 Å². The SMILES string of the molecule is CC(C)(N)c1noc(Cn2nnc(-c3ccccc3)n2)n1. The van der Waals surface area contributed by atoms with E-state index in [2.05, 4.69) is 25.6 Å². The number of tetrazole rings is 1. The fourth-order valence-electron chi connectivity index (χ4n) is 1.71. The van der Waals surface area contributed by atoms with Crippen molar-refractivity contribution in [3.05, 3.63) is 42.0 Å². The molecule has 2 heterocycles. The van der Waals surface area contributed by atoms with Crippen LogP contribution in [0.25, 0.3) is 11.4 Å². The van der Waals surface area contributed by atoms with Gasteiger partial charge in [0, 0.05) is 5.56 Å². The minimum atomic E-state index is -0.646. The van der Waals surface area contributed by atoms with Crippen molar-refractivity contribution in [1.82, 2.24) is 30.3 Å². The van der Waals surface area contributed by atoms with Crippen molar-refractivity contribution in [2.75, 3.05) is 0 Å². The van der Waals surface area contributed by atoms with Crippen LogP contribution in [-0.2, 0) is 12.1 Å². The summed E-state index contributed by atoms with van der Waals surface area (Å²) >= 11 is 0. The van der Waals surface area contributed by atoms with E-state index in [9.17, 15) is 0 Å². The van der Waals surface area contributed by atoms with Crippen LogP contribution < -0.4 is 5.73 Å². The van der Waals surface area contributed by atoms with E-state index in [1.165, 1.54) is 4.80 Å². The summed E-state index contributed by atoms with van der Waals surface area (Å²) in [5, 5.41) is 16.1. The molecule has 3 aromatic rings. The molecule has 8 nitrogen and oxygen atoms in total. The van der Waals surface area contributed by atoms with Gasteiger partial charge in [-0.1, -0.05) is 35.5 Å². The molecule has 0 aliphatic heterocycles. The second-order valence-electron chi connectivity index (χ2n) is 5.24. The minimum Gasteiger partial charge on any atom is -0.337 e. The highest BCUT2D eigenvalue weighted by Gasteiger charge is 2.21. The zero-order valence-corrected chi connectivity index (χ0v) is 11.8. The van der Waals surface area contributed by atoms with Gasteiger partial charge in [0.05, 0.1) is 5.54 Å². The fraction of sp³-hybridized carbons (Fsp3) is 0.308. The first-order chi connectivity index (χ1) is 10.0. The third-order valence-corrected chi connectivity index (χ3v) is 2.81. The predicted molar refractivity (Wildman–Crippen MR) is 73.9 cm³/mol. The van der Waals surface area contributed by atoms with Crippen LogP contribution in [-0.4, -0.2) is 30.3 Å². The molecule has 0 fully saturated rings. The summed E-state index contributed by atoms with van der Waals surface area (Å²) in [4.78, 5) is 5.63. The van der Waals surface area contributed by atoms with Crippen molar-refractivity contribution in [3.8, 4) is 11.4 Å². The normalized spacial score (nSPS) is 11.8. The molecular formula is C13H15N7O. The maximum atomic E-state index is 5.91. The highest BCUT2D eigenvalue weighted by Crippen LogP contribution is 2.14. The lowest BCUT2D eigenvalue weighted by atomic mass is 10.1. The first kappa shape index (κ1) is 13.4. The minimum absolute atomic E-state index is 0.253. The van der Waals surface area contributed by atoms with Gasteiger partial charge in [-0.05, 0) is 19.1 Å². The molecule has 2 N–H and O–H groups in total. The molecule has 0 amide bonds. The second kappa shape index (κ2) is 5.06. The van der Waals surface area contributed by atoms with Crippen molar-refractivity contribution in [1.29, 1.82) is 0 Å². The van der Waals surface area contributed by atoms with Crippen molar-refractivity contribution in [3.63, 3.8) is 0 Å². The number of rotatable bonds is 4. The van der Waals surface area contributed by atoms with Gasteiger partial charge >= 0.3 is 0 Å². The Hall–Kier alpha value is -2.61. The van der Waals surface area contributed by atoms with Gasteiger partial charge in [0.15, 0.2) is 5.82 Å². The van der Waals surface area contributed by atoms with Gasteiger partial charge in [-0.15, -0.1) is 10.2 Å². The summed E-state index contributed by atoms with van der Waals surface area (Å²) < 4.78 is 5.14. The topological polar surface area (TPSA) is 109 Å². The lowest BCUT2D eigenvalue weighted by Crippen LogP contribution is -2.30. The van der Waals surface area contributed by atoms with Crippen LogP contribution >= 0.6 is 0 Å². The van der Waals surface area contributed by atoms with E-state index >= 15 is 0 Å². The van der Waals surface area contributed by atoms with E-state index in [0.29, 0.717) is 17.5 Å². The van der Waals surface area contributed by atoms with Crippen LogP contribution in [0, 0.1) is 0 Å². The number of nitrogens with two attached hydrogens (primary N) is 1. The summed E-state index contributed by atoms with van der Waals surface area (Å²) in [6.07, 6.45) is 0. The standard InChI is InChI=1S/C13H15N7O/c1-13(2,14)12-15-10(21-18-12)8-20-17-11(16-19-20)9-6-4-3-5-7-9/h3-7H,8,14H2,1-2H3. The highest BCUT2D eigenvalue weighted by atomic mass is 16.5. The zero-order chi connectivity index (χ0) is 14.9. The lowest BCUT2D eigenvalue weighted by Gasteiger charge is -2.11. The molecule has 0 aliphatic rings. The Morgan fingerprint density at radius 3 is 2.67 bits per heavy atom. The molecule has 0 unspecified atom stereocenters. The molecule has 8 heteroatoms. The zero-order valence-electron chi connectivity index (χ0n) is 11.8. The molecule has 2 aromatic heterocycles. The summed E-state index contributed by atoms with van der Waals surface area (Å²) in [6.45, 7) is 3.87. The van der Waals surface area contributed by atoms with Crippen molar-refractivity contribution in [2.45, 2.75) is 25.9 Å². The highest BCUT2D eigenvalue weighted by molar-refractivity contribution is 5.52. The smallest absolute Gasteiger partial charge is 0.250 e. The maximum Gasteiger partial charge on any atom is 0.250 e. The van der Waals surface area contributed by atoms with E-state index < -0.39 is 5.54 Å². The number of nitrogens with zero attached hydrogens (tertiary/aromatic N) is 6. The molecule has 0 saturated carbocycles. The van der Waals surface area contributed by atoms with E-state index in [4.69, 9.17) is 10.3 Å². The molecule has 0 saturated heterocycles. The fourth-order valence-corrected chi connectivity index (χ4v) is 1.71. The van der Waals surface area contributed by atoms with Crippen LogP contribution in [0.4, 0.5) is 0 Å². The van der Waals surface area contributed by atoms with Crippen LogP contribution in [0.1, 0.15) is 25.6 Å². The Kier molecular flexibility index (Phi) is 3.22. The van der Waals surface area contributed by atoms with Gasteiger partial charge in [-0.3, -0.25) is 0 Å². The van der Waals surface area contributed by atoms with E-state index in [1.807, 2.05) is 44.2 Å². The second-order valence-corrected chi connectivity index (χ2v) is 5.24. The molecule has 0 spiro atoms. The average molecular weight is 285 g/mol. The van der Waals surface area contributed by atoms with Gasteiger partial charge in [0.25, 0.3) is 0 Å². The van der Waals surface area contributed by atoms with Crippen LogP contribution in [0.2, 0.25) is 0 Å². The summed E-state index contributed by atoms with van der Waals surface area (Å²) in [7, 11) is 0. The Morgan fingerprint density at radius 1 is 1.24 bits per heavy atom. The van der Waals surface area contributed by atoms with E-state index in [0.717, 1.165) is 5.56 Å². The first-order valence-corrected chi connectivity index (χ1v) is 6.47. The Balaban J connectivity index is 1.77. The number of hydrogen-bond donors (Lipinski definition) is 1. The number of aromatic nitrogens is 6. The van der Waals surface area contributed by atoms with Gasteiger partial charge in [-0.25, -0.2) is 0 Å². The summed E-state index contributed by atoms with van der Waals surface area (Å²) in [5.41, 5.74) is 6.16. The van der Waals surface area contributed by atoms with Crippen molar-refractivity contribution in [2.24, 2.45) is 5.73 Å². The Bertz CT molecular complexity index is 726. The third kappa shape index (κ3) is 2.95. The lowest BCUT2D eigenvalue weighted by molar-refractivity contribution is 0.344. The van der Waals surface area contributed by atoms with Gasteiger partial charge in [-0.2, -0.15) is 9.78 Å². The predicted octanol–water partition coefficient (Wildman–Crippen LogP) is 0.965. The molecule has 1 aromatic carbocycles. The molecule has 108 valence electrons. The van der Waals surface area contributed by atoms with Crippen molar-refractivity contribution < 1.29 is 4.52 Å². The molecule has 0 bridgehead atoms. The molecule has 3 rings (SSSR count). The monoisotopic (exact) mass is 285 g/mol. The van der Waals surface area contributed by atoms with Gasteiger partial charge < -0.3 is 10.3 Å². The maximum absolute atomic E-state index is 5.91. The first-order valence-electron chi connectivity index (χ1n) is 6.47. The van der Waals surface area contributed by atoms with Crippen molar-refractivity contribution >= 4 is 0 Å². The Morgan fingerprint density at radius 2 is 2.00 bits per heavy atom. The van der Waals surface area contributed by atoms with Crippen LogP contribution in [0.15, 0.2) is 34.9 Å². The van der Waals surface area contributed by atoms with Gasteiger partial charge in [0.1, 0.15) is 6.54 Å². The number of benzene rings is 1. The van der Waals surface area contributed by atoms with E-state index in [-0.39, 0.29) is 6.54 Å². The van der Waals surface area contributed by atoms with Gasteiger partial charge in [0.2, 0.25) is 11.7 Å². The largest absolute Gasteiger partial charge is 0.337 e. The Labute approximate surface area is 121 Å².